The summed E-state index contributed by atoms with van der Waals surface area (Å²) in [6.07, 6.45) is 9.78. The third-order valence-corrected chi connectivity index (χ3v) is 6.05. The van der Waals surface area contributed by atoms with Crippen molar-refractivity contribution in [3.05, 3.63) is 38.8 Å². The molecule has 3 rings (SSSR count). The van der Waals surface area contributed by atoms with Gasteiger partial charge in [-0.25, -0.2) is 0 Å². The maximum atomic E-state index is 4.82. The van der Waals surface area contributed by atoms with Crippen molar-refractivity contribution in [3.8, 4) is 0 Å². The molecule has 1 aliphatic rings. The summed E-state index contributed by atoms with van der Waals surface area (Å²) < 4.78 is 3.39. The van der Waals surface area contributed by atoms with Crippen molar-refractivity contribution in [1.29, 1.82) is 0 Å². The van der Waals surface area contributed by atoms with Gasteiger partial charge >= 0.3 is 0 Å². The zero-order valence-electron chi connectivity index (χ0n) is 12.4. The fraction of sp³-hybridized carbons (Fsp3) is 0.562. The first-order chi connectivity index (χ1) is 10.3. The molecule has 0 amide bonds. The third-order valence-electron chi connectivity index (χ3n) is 4.31. The van der Waals surface area contributed by atoms with Crippen LogP contribution in [0.2, 0.25) is 0 Å². The number of rotatable bonds is 5. The van der Waals surface area contributed by atoms with Gasteiger partial charge in [-0.15, -0.1) is 11.3 Å². The van der Waals surface area contributed by atoms with Gasteiger partial charge < -0.3 is 5.32 Å². The summed E-state index contributed by atoms with van der Waals surface area (Å²) in [5.74, 6) is 0. The highest BCUT2D eigenvalue weighted by Gasteiger charge is 2.18. The molecule has 21 heavy (non-hydrogen) atoms. The fourth-order valence-electron chi connectivity index (χ4n) is 3.10. The van der Waals surface area contributed by atoms with Crippen LogP contribution >= 0.6 is 27.3 Å². The minimum atomic E-state index is 0.344. The minimum absolute atomic E-state index is 0.344. The van der Waals surface area contributed by atoms with Gasteiger partial charge in [0.25, 0.3) is 0 Å². The SMILES string of the molecule is CNC(Cc1ccn(C2CCCCC2)n1)c1ccc(Br)s1. The van der Waals surface area contributed by atoms with Crippen molar-refractivity contribution in [3.63, 3.8) is 0 Å². The molecule has 2 aromatic heterocycles. The van der Waals surface area contributed by atoms with Crippen LogP contribution in [0, 0.1) is 0 Å². The fourth-order valence-corrected chi connectivity index (χ4v) is 4.64. The van der Waals surface area contributed by atoms with E-state index in [9.17, 15) is 0 Å². The van der Waals surface area contributed by atoms with Crippen molar-refractivity contribution in [2.75, 3.05) is 7.05 Å². The Bertz CT molecular complexity index is 572. The second-order valence-corrected chi connectivity index (χ2v) is 8.26. The molecule has 0 aromatic carbocycles. The zero-order valence-corrected chi connectivity index (χ0v) is 14.8. The molecule has 3 nitrogen and oxygen atoms in total. The molecule has 2 aromatic rings. The van der Waals surface area contributed by atoms with Crippen molar-refractivity contribution < 1.29 is 0 Å². The van der Waals surface area contributed by atoms with E-state index in [0.29, 0.717) is 12.1 Å². The van der Waals surface area contributed by atoms with Crippen LogP contribution in [0.4, 0.5) is 0 Å². The van der Waals surface area contributed by atoms with E-state index >= 15 is 0 Å². The Morgan fingerprint density at radius 2 is 2.14 bits per heavy atom. The number of likely N-dealkylation sites (N-methyl/N-ethyl adjacent to an activating group) is 1. The van der Waals surface area contributed by atoms with Crippen molar-refractivity contribution in [2.24, 2.45) is 0 Å². The van der Waals surface area contributed by atoms with Gasteiger partial charge in [0.05, 0.1) is 15.5 Å². The van der Waals surface area contributed by atoms with Gasteiger partial charge in [-0.2, -0.15) is 5.10 Å². The lowest BCUT2D eigenvalue weighted by atomic mass is 9.96. The quantitative estimate of drug-likeness (QED) is 0.828. The summed E-state index contributed by atoms with van der Waals surface area (Å²) in [6, 6.07) is 7.45. The highest BCUT2D eigenvalue weighted by molar-refractivity contribution is 9.11. The normalized spacial score (nSPS) is 18.0. The molecule has 114 valence electrons. The van der Waals surface area contributed by atoms with Crippen LogP contribution in [-0.2, 0) is 6.42 Å². The van der Waals surface area contributed by atoms with Crippen LogP contribution in [0.5, 0.6) is 0 Å². The van der Waals surface area contributed by atoms with Crippen LogP contribution in [-0.4, -0.2) is 16.8 Å². The molecule has 1 unspecified atom stereocenters. The monoisotopic (exact) mass is 367 g/mol. The highest BCUT2D eigenvalue weighted by atomic mass is 79.9. The molecular formula is C16H22BrN3S. The molecular weight excluding hydrogens is 346 g/mol. The highest BCUT2D eigenvalue weighted by Crippen LogP contribution is 2.30. The molecule has 1 atom stereocenters. The number of aromatic nitrogens is 2. The van der Waals surface area contributed by atoms with Gasteiger partial charge in [-0.1, -0.05) is 19.3 Å². The van der Waals surface area contributed by atoms with E-state index in [0.717, 1.165) is 6.42 Å². The Balaban J connectivity index is 1.68. The lowest BCUT2D eigenvalue weighted by molar-refractivity contribution is 0.327. The summed E-state index contributed by atoms with van der Waals surface area (Å²) in [5, 5.41) is 8.23. The number of nitrogens with zero attached hydrogens (tertiary/aromatic N) is 2. The maximum absolute atomic E-state index is 4.82. The predicted octanol–water partition coefficient (Wildman–Crippen LogP) is 4.72. The van der Waals surface area contributed by atoms with E-state index in [1.165, 1.54) is 46.5 Å². The molecule has 0 aliphatic heterocycles. The Morgan fingerprint density at radius 1 is 1.33 bits per heavy atom. The van der Waals surface area contributed by atoms with Crippen LogP contribution in [0.3, 0.4) is 0 Å². The second-order valence-electron chi connectivity index (χ2n) is 5.77. The van der Waals surface area contributed by atoms with Gasteiger partial charge in [-0.3, -0.25) is 4.68 Å². The molecule has 1 N–H and O–H groups in total. The van der Waals surface area contributed by atoms with E-state index in [4.69, 9.17) is 5.10 Å². The van der Waals surface area contributed by atoms with Gasteiger partial charge in [0, 0.05) is 23.5 Å². The van der Waals surface area contributed by atoms with E-state index < -0.39 is 0 Å². The first-order valence-electron chi connectivity index (χ1n) is 7.73. The number of halogens is 1. The average Bonchev–Trinajstić information content (AvgIpc) is 3.15. The molecule has 0 bridgehead atoms. The van der Waals surface area contributed by atoms with Gasteiger partial charge in [0.2, 0.25) is 0 Å². The largest absolute Gasteiger partial charge is 0.312 e. The first kappa shape index (κ1) is 15.3. The standard InChI is InChI=1S/C16H22BrN3S/c1-18-14(15-7-8-16(17)21-15)11-12-9-10-20(19-12)13-5-3-2-4-6-13/h7-10,13-14,18H,2-6,11H2,1H3. The molecule has 0 radical (unpaired) electrons. The Hall–Kier alpha value is -0.650. The smallest absolute Gasteiger partial charge is 0.0701 e. The number of nitrogens with one attached hydrogen (secondary N) is 1. The van der Waals surface area contributed by atoms with E-state index in [-0.39, 0.29) is 0 Å². The van der Waals surface area contributed by atoms with E-state index in [2.05, 4.69) is 50.3 Å². The summed E-state index contributed by atoms with van der Waals surface area (Å²) >= 11 is 5.34. The number of hydrogen-bond donors (Lipinski definition) is 1. The molecule has 0 saturated heterocycles. The minimum Gasteiger partial charge on any atom is -0.312 e. The van der Waals surface area contributed by atoms with Gasteiger partial charge in [0.15, 0.2) is 0 Å². The molecule has 0 spiro atoms. The summed E-state index contributed by atoms with van der Waals surface area (Å²) in [5.41, 5.74) is 1.18. The molecule has 5 heteroatoms. The van der Waals surface area contributed by atoms with Gasteiger partial charge in [-0.05, 0) is 54.0 Å². The molecule has 1 aliphatic carbocycles. The van der Waals surface area contributed by atoms with E-state index in [1.54, 1.807) is 11.3 Å². The zero-order chi connectivity index (χ0) is 14.7. The summed E-state index contributed by atoms with van der Waals surface area (Å²) in [4.78, 5) is 1.36. The van der Waals surface area contributed by atoms with Crippen molar-refractivity contribution >= 4 is 27.3 Å². The average molecular weight is 368 g/mol. The number of hydrogen-bond acceptors (Lipinski definition) is 3. The lowest BCUT2D eigenvalue weighted by Crippen LogP contribution is -2.18. The topological polar surface area (TPSA) is 29.9 Å². The first-order valence-corrected chi connectivity index (χ1v) is 9.34. The van der Waals surface area contributed by atoms with E-state index in [1.807, 2.05) is 7.05 Å². The van der Waals surface area contributed by atoms with Crippen LogP contribution in [0.25, 0.3) is 0 Å². The van der Waals surface area contributed by atoms with Crippen LogP contribution in [0.15, 0.2) is 28.2 Å². The van der Waals surface area contributed by atoms with Crippen molar-refractivity contribution in [2.45, 2.75) is 50.6 Å². The van der Waals surface area contributed by atoms with Crippen molar-refractivity contribution in [1.82, 2.24) is 15.1 Å². The second kappa shape index (κ2) is 7.07. The Kier molecular flexibility index (Phi) is 5.14. The lowest BCUT2D eigenvalue weighted by Gasteiger charge is -2.22. The summed E-state index contributed by atoms with van der Waals surface area (Å²) in [6.45, 7) is 0. The van der Waals surface area contributed by atoms with Crippen LogP contribution in [0.1, 0.15) is 54.8 Å². The Labute approximate surface area is 138 Å². The van der Waals surface area contributed by atoms with Crippen LogP contribution < -0.4 is 5.32 Å². The van der Waals surface area contributed by atoms with Gasteiger partial charge in [0.1, 0.15) is 0 Å². The molecule has 1 fully saturated rings. The number of thiophene rings is 1. The molecule has 1 saturated carbocycles. The maximum Gasteiger partial charge on any atom is 0.0701 e. The summed E-state index contributed by atoms with van der Waals surface area (Å²) in [7, 11) is 2.02. The predicted molar refractivity (Wildman–Crippen MR) is 91.9 cm³/mol. The molecule has 2 heterocycles. The third kappa shape index (κ3) is 3.76. The Morgan fingerprint density at radius 3 is 2.81 bits per heavy atom.